The molecule has 0 aliphatic carbocycles. The van der Waals surface area contributed by atoms with Crippen LogP contribution in [0.4, 0.5) is 0 Å². The summed E-state index contributed by atoms with van der Waals surface area (Å²) >= 11 is 0. The van der Waals surface area contributed by atoms with Gasteiger partial charge in [-0.25, -0.2) is 23.5 Å². The third-order valence-corrected chi connectivity index (χ3v) is 3.16. The molecule has 16 heavy (non-hydrogen) atoms. The molecule has 1 heterocycles. The molecule has 1 aromatic heterocycles. The average Bonchev–Trinajstić information content (AvgIpc) is 2.26. The number of primary sulfonamides is 1. The van der Waals surface area contributed by atoms with Gasteiger partial charge in [-0.2, -0.15) is 0 Å². The van der Waals surface area contributed by atoms with Crippen LogP contribution < -0.4 is 5.14 Å². The van der Waals surface area contributed by atoms with Crippen molar-refractivity contribution in [2.75, 3.05) is 0 Å². The lowest BCUT2D eigenvalue weighted by molar-refractivity contribution is 0.598. The van der Waals surface area contributed by atoms with Gasteiger partial charge in [0.05, 0.1) is 10.4 Å². The Morgan fingerprint density at radius 1 is 1.38 bits per heavy atom. The van der Waals surface area contributed by atoms with Crippen molar-refractivity contribution < 1.29 is 8.42 Å². The minimum Gasteiger partial charge on any atom is -0.241 e. The van der Waals surface area contributed by atoms with Crippen LogP contribution >= 0.6 is 0 Å². The Balaban J connectivity index is 2.65. The standard InChI is InChI=1S/C10H11N3O2S/c1-2-10-12-6-7-5-8(16(11,14)15)3-4-9(7)13-10/h3-6H,2H2,1H3,(H2,11,14,15). The number of aromatic nitrogens is 2. The van der Waals surface area contributed by atoms with Gasteiger partial charge in [-0.05, 0) is 18.2 Å². The molecule has 2 N–H and O–H groups in total. The van der Waals surface area contributed by atoms with Gasteiger partial charge >= 0.3 is 0 Å². The Hall–Kier alpha value is -1.53. The fraction of sp³-hybridized carbons (Fsp3) is 0.200. The molecule has 0 unspecified atom stereocenters. The summed E-state index contributed by atoms with van der Waals surface area (Å²) < 4.78 is 22.3. The first kappa shape index (κ1) is 11.0. The maximum Gasteiger partial charge on any atom is 0.238 e. The van der Waals surface area contributed by atoms with Crippen molar-refractivity contribution in [3.63, 3.8) is 0 Å². The second-order valence-corrected chi connectivity index (χ2v) is 4.97. The van der Waals surface area contributed by atoms with Crippen molar-refractivity contribution in [1.82, 2.24) is 9.97 Å². The molecule has 0 atom stereocenters. The minimum absolute atomic E-state index is 0.0767. The van der Waals surface area contributed by atoms with Gasteiger partial charge in [0.15, 0.2) is 0 Å². The monoisotopic (exact) mass is 237 g/mol. The molecule has 0 fully saturated rings. The highest BCUT2D eigenvalue weighted by atomic mass is 32.2. The lowest BCUT2D eigenvalue weighted by Gasteiger charge is -2.02. The zero-order chi connectivity index (χ0) is 11.8. The lowest BCUT2D eigenvalue weighted by Crippen LogP contribution is -2.11. The average molecular weight is 237 g/mol. The van der Waals surface area contributed by atoms with Gasteiger partial charge in [-0.15, -0.1) is 0 Å². The van der Waals surface area contributed by atoms with Crippen LogP contribution in [0, 0.1) is 0 Å². The zero-order valence-corrected chi connectivity index (χ0v) is 9.53. The number of sulfonamides is 1. The Morgan fingerprint density at radius 2 is 2.12 bits per heavy atom. The number of fused-ring (bicyclic) bond motifs is 1. The number of benzene rings is 1. The maximum atomic E-state index is 11.1. The van der Waals surface area contributed by atoms with Crippen LogP contribution in [0.3, 0.4) is 0 Å². The molecule has 0 bridgehead atoms. The van der Waals surface area contributed by atoms with E-state index in [1.165, 1.54) is 12.1 Å². The Kier molecular flexibility index (Phi) is 2.61. The van der Waals surface area contributed by atoms with Gasteiger partial charge in [0.1, 0.15) is 5.82 Å². The normalized spacial score (nSPS) is 11.9. The van der Waals surface area contributed by atoms with E-state index < -0.39 is 10.0 Å². The number of aryl methyl sites for hydroxylation is 1. The van der Waals surface area contributed by atoms with Gasteiger partial charge in [0.25, 0.3) is 0 Å². The molecule has 0 aliphatic heterocycles. The molecule has 0 aliphatic rings. The van der Waals surface area contributed by atoms with E-state index in [4.69, 9.17) is 5.14 Å². The van der Waals surface area contributed by atoms with Gasteiger partial charge < -0.3 is 0 Å². The Morgan fingerprint density at radius 3 is 2.75 bits per heavy atom. The first-order chi connectivity index (χ1) is 7.50. The van der Waals surface area contributed by atoms with E-state index in [1.54, 1.807) is 12.3 Å². The van der Waals surface area contributed by atoms with Crippen molar-refractivity contribution in [3.05, 3.63) is 30.2 Å². The van der Waals surface area contributed by atoms with Crippen molar-refractivity contribution in [2.45, 2.75) is 18.2 Å². The third-order valence-electron chi connectivity index (χ3n) is 2.25. The summed E-state index contributed by atoms with van der Waals surface area (Å²) in [5.74, 6) is 0.732. The third kappa shape index (κ3) is 2.02. The molecule has 0 spiro atoms. The summed E-state index contributed by atoms with van der Waals surface area (Å²) in [6, 6.07) is 4.56. The minimum atomic E-state index is -3.67. The van der Waals surface area contributed by atoms with Crippen molar-refractivity contribution in [3.8, 4) is 0 Å². The van der Waals surface area contributed by atoms with Crippen molar-refractivity contribution in [2.24, 2.45) is 5.14 Å². The van der Waals surface area contributed by atoms with Crippen LogP contribution in [-0.4, -0.2) is 18.4 Å². The summed E-state index contributed by atoms with van der Waals surface area (Å²) in [6.07, 6.45) is 2.35. The predicted octanol–water partition coefficient (Wildman–Crippen LogP) is 0.840. The van der Waals surface area contributed by atoms with Crippen molar-refractivity contribution in [1.29, 1.82) is 0 Å². The maximum absolute atomic E-state index is 11.1. The second-order valence-electron chi connectivity index (χ2n) is 3.41. The van der Waals surface area contributed by atoms with Crippen LogP contribution in [-0.2, 0) is 16.4 Å². The van der Waals surface area contributed by atoms with Crippen LogP contribution in [0.1, 0.15) is 12.7 Å². The largest absolute Gasteiger partial charge is 0.241 e. The summed E-state index contributed by atoms with van der Waals surface area (Å²) in [5.41, 5.74) is 0.722. The molecule has 0 amide bonds. The quantitative estimate of drug-likeness (QED) is 0.838. The van der Waals surface area contributed by atoms with E-state index >= 15 is 0 Å². The molecular weight excluding hydrogens is 226 g/mol. The number of nitrogens with zero attached hydrogens (tertiary/aromatic N) is 2. The van der Waals surface area contributed by atoms with E-state index in [0.29, 0.717) is 5.39 Å². The summed E-state index contributed by atoms with van der Waals surface area (Å²) in [4.78, 5) is 8.45. The van der Waals surface area contributed by atoms with Crippen LogP contribution in [0.2, 0.25) is 0 Å². The molecule has 2 aromatic rings. The number of hydrogen-bond donors (Lipinski definition) is 1. The molecule has 6 heteroatoms. The summed E-state index contributed by atoms with van der Waals surface area (Å²) in [6.45, 7) is 1.96. The molecule has 0 radical (unpaired) electrons. The Labute approximate surface area is 93.4 Å². The Bertz CT molecular complexity index is 638. The van der Waals surface area contributed by atoms with E-state index in [9.17, 15) is 8.42 Å². The lowest BCUT2D eigenvalue weighted by atomic mass is 10.2. The summed E-state index contributed by atoms with van der Waals surface area (Å²) in [7, 11) is -3.67. The van der Waals surface area contributed by atoms with Crippen LogP contribution in [0.15, 0.2) is 29.3 Å². The number of rotatable bonds is 2. The van der Waals surface area contributed by atoms with Gasteiger partial charge in [-0.3, -0.25) is 0 Å². The topological polar surface area (TPSA) is 85.9 Å². The molecular formula is C10H11N3O2S. The SMILES string of the molecule is CCc1ncc2cc(S(N)(=O)=O)ccc2n1. The predicted molar refractivity (Wildman–Crippen MR) is 60.3 cm³/mol. The molecule has 1 aromatic carbocycles. The highest BCUT2D eigenvalue weighted by molar-refractivity contribution is 7.89. The molecule has 0 saturated heterocycles. The molecule has 5 nitrogen and oxygen atoms in total. The van der Waals surface area contributed by atoms with Gasteiger partial charge in [0, 0.05) is 18.0 Å². The molecule has 0 saturated carbocycles. The summed E-state index contributed by atoms with van der Waals surface area (Å²) in [5, 5.41) is 5.71. The second kappa shape index (κ2) is 3.80. The molecule has 2 rings (SSSR count). The zero-order valence-electron chi connectivity index (χ0n) is 8.71. The van der Waals surface area contributed by atoms with Crippen LogP contribution in [0.5, 0.6) is 0 Å². The van der Waals surface area contributed by atoms with Gasteiger partial charge in [-0.1, -0.05) is 6.92 Å². The fourth-order valence-electron chi connectivity index (χ4n) is 1.40. The highest BCUT2D eigenvalue weighted by Gasteiger charge is 2.08. The fourth-order valence-corrected chi connectivity index (χ4v) is 1.95. The van der Waals surface area contributed by atoms with Crippen LogP contribution in [0.25, 0.3) is 10.9 Å². The molecule has 84 valence electrons. The number of hydrogen-bond acceptors (Lipinski definition) is 4. The van der Waals surface area contributed by atoms with Crippen molar-refractivity contribution >= 4 is 20.9 Å². The number of nitrogens with two attached hydrogens (primary N) is 1. The highest BCUT2D eigenvalue weighted by Crippen LogP contribution is 2.16. The first-order valence-electron chi connectivity index (χ1n) is 4.79. The van der Waals surface area contributed by atoms with Gasteiger partial charge in [0.2, 0.25) is 10.0 Å². The van der Waals surface area contributed by atoms with E-state index in [0.717, 1.165) is 17.8 Å². The van der Waals surface area contributed by atoms with E-state index in [2.05, 4.69) is 9.97 Å². The smallest absolute Gasteiger partial charge is 0.238 e. The van der Waals surface area contributed by atoms with E-state index in [-0.39, 0.29) is 4.90 Å². The van der Waals surface area contributed by atoms with E-state index in [1.807, 2.05) is 6.92 Å². The first-order valence-corrected chi connectivity index (χ1v) is 6.34.